The molecule has 1 rings (SSSR count). The Hall–Kier alpha value is -0.500. The summed E-state index contributed by atoms with van der Waals surface area (Å²) >= 11 is 4.05. The zero-order valence-electron chi connectivity index (χ0n) is 4.33. The van der Waals surface area contributed by atoms with Gasteiger partial charge >= 0.3 is 0 Å². The SMILES string of the molecule is [CH2]c1cncc(S)c1. The predicted molar refractivity (Wildman–Crippen MR) is 35.9 cm³/mol. The highest BCUT2D eigenvalue weighted by molar-refractivity contribution is 7.80. The maximum absolute atomic E-state index is 4.05. The van der Waals surface area contributed by atoms with E-state index in [0.717, 1.165) is 10.5 Å². The van der Waals surface area contributed by atoms with Crippen molar-refractivity contribution in [1.29, 1.82) is 0 Å². The average Bonchev–Trinajstić information content (AvgIpc) is 1.64. The molecule has 1 heterocycles. The smallest absolute Gasteiger partial charge is 0.0401 e. The summed E-state index contributed by atoms with van der Waals surface area (Å²) in [6, 6.07) is 1.86. The van der Waals surface area contributed by atoms with Gasteiger partial charge in [-0.15, -0.1) is 12.6 Å². The molecule has 1 aromatic heterocycles. The molecule has 0 aromatic carbocycles. The summed E-state index contributed by atoms with van der Waals surface area (Å²) in [6.45, 7) is 3.67. The van der Waals surface area contributed by atoms with Crippen LogP contribution < -0.4 is 0 Å². The van der Waals surface area contributed by atoms with Crippen molar-refractivity contribution in [3.05, 3.63) is 30.9 Å². The number of pyridine rings is 1. The molecule has 1 nitrogen and oxygen atoms in total. The lowest BCUT2D eigenvalue weighted by atomic mass is 10.3. The number of hydrogen-bond donors (Lipinski definition) is 1. The summed E-state index contributed by atoms with van der Waals surface area (Å²) < 4.78 is 0. The standard InChI is InChI=1S/C6H6NS/c1-5-2-6(8)4-7-3-5/h2-4,8H,1H2. The van der Waals surface area contributed by atoms with E-state index in [9.17, 15) is 0 Å². The van der Waals surface area contributed by atoms with Gasteiger partial charge in [-0.05, 0) is 18.6 Å². The molecule has 0 atom stereocenters. The minimum atomic E-state index is 0.859. The largest absolute Gasteiger partial charge is 0.263 e. The van der Waals surface area contributed by atoms with Crippen molar-refractivity contribution >= 4 is 12.6 Å². The van der Waals surface area contributed by atoms with Crippen LogP contribution in [-0.4, -0.2) is 4.98 Å². The van der Waals surface area contributed by atoms with Gasteiger partial charge in [-0.2, -0.15) is 0 Å². The van der Waals surface area contributed by atoms with Crippen molar-refractivity contribution in [2.45, 2.75) is 4.90 Å². The molecule has 0 aliphatic rings. The van der Waals surface area contributed by atoms with Crippen LogP contribution in [0.3, 0.4) is 0 Å². The maximum atomic E-state index is 4.05. The van der Waals surface area contributed by atoms with Crippen LogP contribution in [0.4, 0.5) is 0 Å². The Morgan fingerprint density at radius 1 is 1.50 bits per heavy atom. The third-order valence-corrected chi connectivity index (χ3v) is 1.03. The van der Waals surface area contributed by atoms with Gasteiger partial charge in [-0.1, -0.05) is 0 Å². The number of hydrogen-bond acceptors (Lipinski definition) is 2. The molecule has 0 fully saturated rings. The zero-order valence-corrected chi connectivity index (χ0v) is 5.23. The number of rotatable bonds is 0. The first-order valence-electron chi connectivity index (χ1n) is 2.25. The molecule has 0 saturated carbocycles. The van der Waals surface area contributed by atoms with E-state index >= 15 is 0 Å². The highest BCUT2D eigenvalue weighted by Gasteiger charge is 1.83. The first-order valence-corrected chi connectivity index (χ1v) is 2.70. The molecule has 1 aromatic rings. The van der Waals surface area contributed by atoms with E-state index in [4.69, 9.17) is 0 Å². The molecule has 0 aliphatic heterocycles. The van der Waals surface area contributed by atoms with E-state index in [2.05, 4.69) is 24.5 Å². The predicted octanol–water partition coefficient (Wildman–Crippen LogP) is 1.55. The van der Waals surface area contributed by atoms with Crippen LogP contribution in [0.5, 0.6) is 0 Å². The van der Waals surface area contributed by atoms with E-state index in [0.29, 0.717) is 0 Å². The Kier molecular flexibility index (Phi) is 1.53. The van der Waals surface area contributed by atoms with Crippen molar-refractivity contribution in [3.63, 3.8) is 0 Å². The number of nitrogens with zero attached hydrogens (tertiary/aromatic N) is 1. The quantitative estimate of drug-likeness (QED) is 0.518. The fourth-order valence-electron chi connectivity index (χ4n) is 0.474. The van der Waals surface area contributed by atoms with Crippen molar-refractivity contribution in [2.24, 2.45) is 0 Å². The third-order valence-electron chi connectivity index (χ3n) is 0.780. The summed E-state index contributed by atoms with van der Waals surface area (Å²) in [5, 5.41) is 0. The lowest BCUT2D eigenvalue weighted by Gasteiger charge is -1.89. The van der Waals surface area contributed by atoms with Crippen LogP contribution in [0.15, 0.2) is 23.4 Å². The molecular formula is C6H6NS. The molecule has 0 unspecified atom stereocenters. The molecule has 8 heavy (non-hydrogen) atoms. The molecule has 2 heteroatoms. The second kappa shape index (κ2) is 2.18. The van der Waals surface area contributed by atoms with E-state index in [1.54, 1.807) is 12.4 Å². The summed E-state index contributed by atoms with van der Waals surface area (Å²) in [5.74, 6) is 0. The number of thiol groups is 1. The second-order valence-corrected chi connectivity index (χ2v) is 2.07. The molecular weight excluding hydrogens is 118 g/mol. The van der Waals surface area contributed by atoms with Crippen molar-refractivity contribution in [2.75, 3.05) is 0 Å². The summed E-state index contributed by atoms with van der Waals surface area (Å²) in [6.07, 6.45) is 3.37. The second-order valence-electron chi connectivity index (χ2n) is 1.55. The van der Waals surface area contributed by atoms with Crippen molar-refractivity contribution in [3.8, 4) is 0 Å². The van der Waals surface area contributed by atoms with Crippen molar-refractivity contribution in [1.82, 2.24) is 4.98 Å². The summed E-state index contributed by atoms with van der Waals surface area (Å²) in [7, 11) is 0. The molecule has 0 bridgehead atoms. The number of aromatic nitrogens is 1. The monoisotopic (exact) mass is 124 g/mol. The minimum absolute atomic E-state index is 0.859. The Morgan fingerprint density at radius 2 is 2.25 bits per heavy atom. The zero-order chi connectivity index (χ0) is 5.98. The molecule has 41 valence electrons. The normalized spacial score (nSPS) is 9.25. The summed E-state index contributed by atoms with van der Waals surface area (Å²) in [5.41, 5.74) is 0.900. The van der Waals surface area contributed by atoms with Crippen molar-refractivity contribution < 1.29 is 0 Å². The van der Waals surface area contributed by atoms with Gasteiger partial charge in [0.05, 0.1) is 0 Å². The minimum Gasteiger partial charge on any atom is -0.263 e. The third kappa shape index (κ3) is 1.23. The highest BCUT2D eigenvalue weighted by atomic mass is 32.1. The topological polar surface area (TPSA) is 12.9 Å². The molecule has 0 aliphatic carbocycles. The van der Waals surface area contributed by atoms with Gasteiger partial charge in [0.1, 0.15) is 0 Å². The van der Waals surface area contributed by atoms with E-state index in [-0.39, 0.29) is 0 Å². The van der Waals surface area contributed by atoms with E-state index < -0.39 is 0 Å². The van der Waals surface area contributed by atoms with Crippen LogP contribution in [0, 0.1) is 6.92 Å². The fraction of sp³-hybridized carbons (Fsp3) is 0. The summed E-state index contributed by atoms with van der Waals surface area (Å²) in [4.78, 5) is 4.70. The van der Waals surface area contributed by atoms with Crippen LogP contribution in [0.2, 0.25) is 0 Å². The first kappa shape index (κ1) is 5.63. The average molecular weight is 124 g/mol. The molecule has 0 spiro atoms. The van der Waals surface area contributed by atoms with Gasteiger partial charge in [0, 0.05) is 17.3 Å². The lowest BCUT2D eigenvalue weighted by Crippen LogP contribution is -1.73. The van der Waals surface area contributed by atoms with Gasteiger partial charge in [0.15, 0.2) is 0 Å². The molecule has 0 amide bonds. The molecule has 1 radical (unpaired) electrons. The Bertz CT molecular complexity index is 168. The van der Waals surface area contributed by atoms with Gasteiger partial charge in [-0.3, -0.25) is 4.98 Å². The fourth-order valence-corrected chi connectivity index (χ4v) is 0.706. The van der Waals surface area contributed by atoms with E-state index in [1.807, 2.05) is 6.07 Å². The van der Waals surface area contributed by atoms with Gasteiger partial charge in [-0.25, -0.2) is 0 Å². The van der Waals surface area contributed by atoms with Gasteiger partial charge in [0.25, 0.3) is 0 Å². The van der Waals surface area contributed by atoms with E-state index in [1.165, 1.54) is 0 Å². The highest BCUT2D eigenvalue weighted by Crippen LogP contribution is 2.03. The van der Waals surface area contributed by atoms with Crippen LogP contribution in [-0.2, 0) is 0 Å². The van der Waals surface area contributed by atoms with Gasteiger partial charge < -0.3 is 0 Å². The lowest BCUT2D eigenvalue weighted by molar-refractivity contribution is 1.22. The molecule has 0 saturated heterocycles. The van der Waals surface area contributed by atoms with Crippen LogP contribution in [0.25, 0.3) is 0 Å². The van der Waals surface area contributed by atoms with Gasteiger partial charge in [0.2, 0.25) is 0 Å². The Morgan fingerprint density at radius 3 is 2.62 bits per heavy atom. The molecule has 0 N–H and O–H groups in total. The first-order chi connectivity index (χ1) is 3.79. The Labute approximate surface area is 54.2 Å². The Balaban J connectivity index is 3.08. The van der Waals surface area contributed by atoms with Crippen LogP contribution >= 0.6 is 12.6 Å². The maximum Gasteiger partial charge on any atom is 0.0401 e. The van der Waals surface area contributed by atoms with Crippen LogP contribution in [0.1, 0.15) is 5.56 Å².